The molecule has 1 fully saturated rings. The van der Waals surface area contributed by atoms with E-state index in [0.717, 1.165) is 0 Å². The second-order valence-electron chi connectivity index (χ2n) is 3.96. The van der Waals surface area contributed by atoms with Gasteiger partial charge < -0.3 is 16.4 Å². The smallest absolute Gasteiger partial charge is 0.270 e. The molecule has 0 spiro atoms. The number of nitrogens with two attached hydrogens (primary N) is 1. The Kier molecular flexibility index (Phi) is 3.22. The van der Waals surface area contributed by atoms with Crippen LogP contribution in [0.1, 0.15) is 23.3 Å². The summed E-state index contributed by atoms with van der Waals surface area (Å²) in [5.41, 5.74) is 5.79. The molecule has 4 N–H and O–H groups in total. The Balaban J connectivity index is 1.95. The summed E-state index contributed by atoms with van der Waals surface area (Å²) < 4.78 is 0. The lowest BCUT2D eigenvalue weighted by atomic mass is 10.1. The predicted octanol–water partition coefficient (Wildman–Crippen LogP) is -0.328. The van der Waals surface area contributed by atoms with Crippen LogP contribution in [0.4, 0.5) is 5.82 Å². The Morgan fingerprint density at radius 3 is 3.00 bits per heavy atom. The van der Waals surface area contributed by atoms with Gasteiger partial charge in [0, 0.05) is 19.0 Å². The average Bonchev–Trinajstić information content (AvgIpc) is 2.32. The van der Waals surface area contributed by atoms with Crippen LogP contribution in [0, 0.1) is 0 Å². The number of amides is 2. The van der Waals surface area contributed by atoms with Gasteiger partial charge in [0.1, 0.15) is 11.5 Å². The maximum Gasteiger partial charge on any atom is 0.270 e. The Morgan fingerprint density at radius 2 is 2.35 bits per heavy atom. The number of carbonyl (C=O) groups excluding carboxylic acids is 2. The van der Waals surface area contributed by atoms with E-state index in [-0.39, 0.29) is 17.9 Å². The van der Waals surface area contributed by atoms with Crippen LogP contribution in [-0.2, 0) is 4.79 Å². The number of aromatic nitrogens is 1. The molecule has 1 saturated heterocycles. The van der Waals surface area contributed by atoms with Crippen molar-refractivity contribution in [1.29, 1.82) is 0 Å². The second-order valence-corrected chi connectivity index (χ2v) is 3.96. The zero-order valence-electron chi connectivity index (χ0n) is 9.27. The first-order chi connectivity index (χ1) is 8.15. The van der Waals surface area contributed by atoms with Crippen molar-refractivity contribution >= 4 is 17.6 Å². The van der Waals surface area contributed by atoms with E-state index >= 15 is 0 Å². The molecule has 0 radical (unpaired) electrons. The maximum atomic E-state index is 11.8. The molecule has 1 aliphatic rings. The van der Waals surface area contributed by atoms with Gasteiger partial charge in [0.15, 0.2) is 0 Å². The van der Waals surface area contributed by atoms with E-state index in [1.165, 1.54) is 0 Å². The van der Waals surface area contributed by atoms with Crippen molar-refractivity contribution in [3.05, 3.63) is 23.9 Å². The number of nitrogens with zero attached hydrogens (tertiary/aromatic N) is 1. The molecule has 0 saturated carbocycles. The maximum absolute atomic E-state index is 11.8. The van der Waals surface area contributed by atoms with Crippen LogP contribution < -0.4 is 16.4 Å². The van der Waals surface area contributed by atoms with E-state index in [1.807, 2.05) is 0 Å². The zero-order chi connectivity index (χ0) is 12.3. The van der Waals surface area contributed by atoms with Crippen LogP contribution in [0.15, 0.2) is 18.2 Å². The summed E-state index contributed by atoms with van der Waals surface area (Å²) >= 11 is 0. The molecule has 90 valence electrons. The molecule has 1 aromatic rings. The minimum Gasteiger partial charge on any atom is -0.384 e. The van der Waals surface area contributed by atoms with Crippen molar-refractivity contribution < 1.29 is 9.59 Å². The van der Waals surface area contributed by atoms with Gasteiger partial charge in [-0.15, -0.1) is 0 Å². The minimum atomic E-state index is -0.265. The topological polar surface area (TPSA) is 97.1 Å². The van der Waals surface area contributed by atoms with Crippen molar-refractivity contribution in [3.8, 4) is 0 Å². The first kappa shape index (κ1) is 11.4. The lowest BCUT2D eigenvalue weighted by Gasteiger charge is -2.23. The summed E-state index contributed by atoms with van der Waals surface area (Å²) in [4.78, 5) is 26.7. The van der Waals surface area contributed by atoms with Gasteiger partial charge in [-0.05, 0) is 18.6 Å². The third-order valence-electron chi connectivity index (χ3n) is 2.60. The number of nitrogens with one attached hydrogen (secondary N) is 2. The predicted molar refractivity (Wildman–Crippen MR) is 62.1 cm³/mol. The first-order valence-electron chi connectivity index (χ1n) is 5.45. The van der Waals surface area contributed by atoms with E-state index < -0.39 is 0 Å². The minimum absolute atomic E-state index is 0.0255. The summed E-state index contributed by atoms with van der Waals surface area (Å²) in [6, 6.07) is 4.87. The molecular formula is C11H14N4O2. The van der Waals surface area contributed by atoms with E-state index in [0.29, 0.717) is 30.9 Å². The van der Waals surface area contributed by atoms with Crippen LogP contribution in [0.2, 0.25) is 0 Å². The molecule has 17 heavy (non-hydrogen) atoms. The summed E-state index contributed by atoms with van der Waals surface area (Å²) in [5, 5.41) is 5.51. The third-order valence-corrected chi connectivity index (χ3v) is 2.60. The molecule has 6 nitrogen and oxygen atoms in total. The molecule has 6 heteroatoms. The van der Waals surface area contributed by atoms with Gasteiger partial charge in [-0.25, -0.2) is 4.98 Å². The molecule has 0 aromatic carbocycles. The number of hydrogen-bond acceptors (Lipinski definition) is 4. The fourth-order valence-electron chi connectivity index (χ4n) is 1.69. The van der Waals surface area contributed by atoms with Gasteiger partial charge in [0.05, 0.1) is 0 Å². The second kappa shape index (κ2) is 4.82. The molecule has 0 aliphatic carbocycles. The first-order valence-corrected chi connectivity index (χ1v) is 5.45. The van der Waals surface area contributed by atoms with Crippen LogP contribution in [-0.4, -0.2) is 29.4 Å². The highest BCUT2D eigenvalue weighted by Crippen LogP contribution is 2.05. The Labute approximate surface area is 98.6 Å². The van der Waals surface area contributed by atoms with Crippen molar-refractivity contribution in [3.63, 3.8) is 0 Å². The molecule has 2 rings (SSSR count). The summed E-state index contributed by atoms with van der Waals surface area (Å²) in [5.74, 6) is 0.0747. The quantitative estimate of drug-likeness (QED) is 0.652. The largest absolute Gasteiger partial charge is 0.384 e. The van der Waals surface area contributed by atoms with Crippen molar-refractivity contribution in [1.82, 2.24) is 15.6 Å². The molecule has 1 unspecified atom stereocenters. The van der Waals surface area contributed by atoms with Crippen LogP contribution >= 0.6 is 0 Å². The molecule has 2 amide bonds. The number of pyridine rings is 1. The molecule has 1 aliphatic heterocycles. The van der Waals surface area contributed by atoms with Gasteiger partial charge >= 0.3 is 0 Å². The van der Waals surface area contributed by atoms with Crippen molar-refractivity contribution in [2.45, 2.75) is 18.9 Å². The zero-order valence-corrected chi connectivity index (χ0v) is 9.27. The number of nitrogen functional groups attached to an aromatic ring is 1. The number of piperidine rings is 1. The summed E-state index contributed by atoms with van der Waals surface area (Å²) in [6.45, 7) is 0.465. The standard InChI is InChI=1S/C11H14N4O2/c12-9-3-1-2-8(15-9)11(17)14-7-4-5-10(16)13-6-7/h1-3,7H,4-6H2,(H2,12,15)(H,13,16)(H,14,17). The van der Waals surface area contributed by atoms with Gasteiger partial charge in [-0.2, -0.15) is 0 Å². The van der Waals surface area contributed by atoms with E-state index in [2.05, 4.69) is 15.6 Å². The lowest BCUT2D eigenvalue weighted by molar-refractivity contribution is -0.122. The molecule has 0 bridgehead atoms. The summed E-state index contributed by atoms with van der Waals surface area (Å²) in [7, 11) is 0. The third kappa shape index (κ3) is 2.93. The lowest BCUT2D eigenvalue weighted by Crippen LogP contribution is -2.47. The van der Waals surface area contributed by atoms with E-state index in [1.54, 1.807) is 18.2 Å². The Hall–Kier alpha value is -2.11. The highest BCUT2D eigenvalue weighted by atomic mass is 16.2. The van der Waals surface area contributed by atoms with E-state index in [9.17, 15) is 9.59 Å². The SMILES string of the molecule is Nc1cccc(C(=O)NC2CCC(=O)NC2)n1. The van der Waals surface area contributed by atoms with Gasteiger partial charge in [0.25, 0.3) is 5.91 Å². The molecule has 1 atom stereocenters. The number of hydrogen-bond donors (Lipinski definition) is 3. The number of anilines is 1. The van der Waals surface area contributed by atoms with Crippen molar-refractivity contribution in [2.24, 2.45) is 0 Å². The number of rotatable bonds is 2. The van der Waals surface area contributed by atoms with Gasteiger partial charge in [0.2, 0.25) is 5.91 Å². The number of carbonyl (C=O) groups is 2. The molecule has 2 heterocycles. The average molecular weight is 234 g/mol. The Morgan fingerprint density at radius 1 is 1.53 bits per heavy atom. The van der Waals surface area contributed by atoms with Gasteiger partial charge in [-0.1, -0.05) is 6.07 Å². The van der Waals surface area contributed by atoms with Crippen molar-refractivity contribution in [2.75, 3.05) is 12.3 Å². The van der Waals surface area contributed by atoms with Crippen LogP contribution in [0.3, 0.4) is 0 Å². The Bertz CT molecular complexity index is 437. The van der Waals surface area contributed by atoms with E-state index in [4.69, 9.17) is 5.73 Å². The molecular weight excluding hydrogens is 220 g/mol. The highest BCUT2D eigenvalue weighted by molar-refractivity contribution is 5.93. The monoisotopic (exact) mass is 234 g/mol. The fraction of sp³-hybridized carbons (Fsp3) is 0.364. The highest BCUT2D eigenvalue weighted by Gasteiger charge is 2.20. The van der Waals surface area contributed by atoms with Crippen LogP contribution in [0.5, 0.6) is 0 Å². The van der Waals surface area contributed by atoms with Crippen LogP contribution in [0.25, 0.3) is 0 Å². The summed E-state index contributed by atoms with van der Waals surface area (Å²) in [6.07, 6.45) is 1.09. The van der Waals surface area contributed by atoms with Gasteiger partial charge in [-0.3, -0.25) is 9.59 Å². The normalized spacial score (nSPS) is 19.5. The molecule has 1 aromatic heterocycles. The fourth-order valence-corrected chi connectivity index (χ4v) is 1.69.